The summed E-state index contributed by atoms with van der Waals surface area (Å²) in [6, 6.07) is 20.3. The van der Waals surface area contributed by atoms with Gasteiger partial charge in [0.1, 0.15) is 5.69 Å². The van der Waals surface area contributed by atoms with E-state index in [1.54, 1.807) is 48.9 Å². The second kappa shape index (κ2) is 9.53. The van der Waals surface area contributed by atoms with Crippen molar-refractivity contribution in [2.75, 3.05) is 4.72 Å². The number of halogens is 2. The summed E-state index contributed by atoms with van der Waals surface area (Å²) in [6.07, 6.45) is 3.46. The largest absolute Gasteiger partial charge is 0.332 e. The Bertz CT molecular complexity index is 1580. The Hall–Kier alpha value is -3.66. The molecule has 0 atom stereocenters. The number of hydrogen-bond donors (Lipinski definition) is 1. The normalized spacial score (nSPS) is 11.5. The molecule has 0 aliphatic heterocycles. The Morgan fingerprint density at radius 2 is 1.71 bits per heavy atom. The monoisotopic (exact) mass is 525 g/mol. The maximum atomic E-state index is 12.6. The van der Waals surface area contributed by atoms with Crippen molar-refractivity contribution in [1.82, 2.24) is 19.7 Å². The molecular formula is C24H17Cl2N5O3S. The first-order chi connectivity index (χ1) is 16.9. The van der Waals surface area contributed by atoms with Crippen LogP contribution in [0.3, 0.4) is 0 Å². The van der Waals surface area contributed by atoms with Gasteiger partial charge in [0, 0.05) is 34.0 Å². The van der Waals surface area contributed by atoms with Gasteiger partial charge in [0.2, 0.25) is 5.82 Å². The smallest absolute Gasteiger partial charge is 0.278 e. The van der Waals surface area contributed by atoms with Gasteiger partial charge >= 0.3 is 0 Å². The summed E-state index contributed by atoms with van der Waals surface area (Å²) in [5, 5.41) is 4.99. The van der Waals surface area contributed by atoms with E-state index >= 15 is 0 Å². The third-order valence-electron chi connectivity index (χ3n) is 5.06. The van der Waals surface area contributed by atoms with Gasteiger partial charge in [0.05, 0.1) is 11.2 Å². The molecule has 35 heavy (non-hydrogen) atoms. The molecule has 11 heteroatoms. The first kappa shape index (κ1) is 23.1. The topological polar surface area (TPSA) is 103 Å². The van der Waals surface area contributed by atoms with Crippen LogP contribution in [0, 0.1) is 0 Å². The van der Waals surface area contributed by atoms with Gasteiger partial charge in [0.25, 0.3) is 15.9 Å². The van der Waals surface area contributed by atoms with Gasteiger partial charge in [-0.15, -0.1) is 0 Å². The van der Waals surface area contributed by atoms with Crippen LogP contribution in [0.15, 0.2) is 94.7 Å². The molecule has 0 radical (unpaired) electrons. The van der Waals surface area contributed by atoms with E-state index in [2.05, 4.69) is 19.8 Å². The highest BCUT2D eigenvalue weighted by Gasteiger charge is 2.15. The van der Waals surface area contributed by atoms with E-state index in [9.17, 15) is 8.42 Å². The number of nitrogens with zero attached hydrogens (tertiary/aromatic N) is 4. The van der Waals surface area contributed by atoms with E-state index in [-0.39, 0.29) is 4.90 Å². The highest BCUT2D eigenvalue weighted by molar-refractivity contribution is 7.92. The summed E-state index contributed by atoms with van der Waals surface area (Å²) in [6.45, 7) is 0.520. The van der Waals surface area contributed by atoms with Gasteiger partial charge in [-0.3, -0.25) is 4.72 Å². The van der Waals surface area contributed by atoms with Crippen LogP contribution in [-0.2, 0) is 16.6 Å². The SMILES string of the molecule is O=S(=O)(Nc1ccc(Cn2cnc(-c3nc(-c4ccc(Cl)cc4)no3)c2)cc1)c1cccc(Cl)c1. The van der Waals surface area contributed by atoms with Gasteiger partial charge < -0.3 is 9.09 Å². The van der Waals surface area contributed by atoms with Crippen molar-refractivity contribution >= 4 is 38.9 Å². The fourth-order valence-corrected chi connectivity index (χ4v) is 4.82. The molecule has 0 saturated heterocycles. The molecule has 0 saturated carbocycles. The number of nitrogens with one attached hydrogen (secondary N) is 1. The van der Waals surface area contributed by atoms with Crippen LogP contribution in [0.25, 0.3) is 23.0 Å². The lowest BCUT2D eigenvalue weighted by atomic mass is 10.2. The third kappa shape index (κ3) is 5.37. The van der Waals surface area contributed by atoms with Crippen LogP contribution in [0.4, 0.5) is 5.69 Å². The minimum atomic E-state index is -3.73. The van der Waals surface area contributed by atoms with Crippen molar-refractivity contribution in [1.29, 1.82) is 0 Å². The Morgan fingerprint density at radius 1 is 0.943 bits per heavy atom. The summed E-state index contributed by atoms with van der Waals surface area (Å²) in [7, 11) is -3.73. The molecule has 176 valence electrons. The van der Waals surface area contributed by atoms with Crippen molar-refractivity contribution < 1.29 is 12.9 Å². The van der Waals surface area contributed by atoms with E-state index in [1.165, 1.54) is 12.1 Å². The molecule has 2 heterocycles. The fraction of sp³-hybridized carbons (Fsp3) is 0.0417. The second-order valence-electron chi connectivity index (χ2n) is 7.62. The molecule has 0 aliphatic carbocycles. The van der Waals surface area contributed by atoms with Crippen LogP contribution >= 0.6 is 23.2 Å². The van der Waals surface area contributed by atoms with Crippen molar-refractivity contribution in [3.8, 4) is 23.0 Å². The lowest BCUT2D eigenvalue weighted by molar-refractivity contribution is 0.431. The first-order valence-electron chi connectivity index (χ1n) is 10.3. The molecule has 5 rings (SSSR count). The Kier molecular flexibility index (Phi) is 6.29. The highest BCUT2D eigenvalue weighted by atomic mass is 35.5. The van der Waals surface area contributed by atoms with Gasteiger partial charge in [0.15, 0.2) is 0 Å². The molecule has 0 amide bonds. The van der Waals surface area contributed by atoms with Crippen LogP contribution in [0.2, 0.25) is 10.0 Å². The molecular weight excluding hydrogens is 509 g/mol. The third-order valence-corrected chi connectivity index (χ3v) is 6.92. The maximum Gasteiger partial charge on any atom is 0.278 e. The molecule has 8 nitrogen and oxygen atoms in total. The zero-order valence-corrected chi connectivity index (χ0v) is 20.3. The van der Waals surface area contributed by atoms with E-state index in [0.29, 0.717) is 39.7 Å². The molecule has 0 bridgehead atoms. The van der Waals surface area contributed by atoms with Crippen molar-refractivity contribution in [3.63, 3.8) is 0 Å². The van der Waals surface area contributed by atoms with Gasteiger partial charge in [-0.2, -0.15) is 4.98 Å². The minimum absolute atomic E-state index is 0.0975. The molecule has 0 fully saturated rings. The van der Waals surface area contributed by atoms with Gasteiger partial charge in [-0.25, -0.2) is 13.4 Å². The lowest BCUT2D eigenvalue weighted by Crippen LogP contribution is -2.12. The Balaban J connectivity index is 1.26. The number of aromatic nitrogens is 4. The van der Waals surface area contributed by atoms with Crippen molar-refractivity contribution in [2.45, 2.75) is 11.4 Å². The predicted molar refractivity (Wildman–Crippen MR) is 134 cm³/mol. The maximum absolute atomic E-state index is 12.6. The van der Waals surface area contributed by atoms with E-state index in [0.717, 1.165) is 11.1 Å². The number of imidazole rings is 1. The number of sulfonamides is 1. The Labute approximate surface area is 211 Å². The second-order valence-corrected chi connectivity index (χ2v) is 10.2. The van der Waals surface area contributed by atoms with E-state index in [4.69, 9.17) is 27.7 Å². The number of benzene rings is 3. The summed E-state index contributed by atoms with van der Waals surface area (Å²) in [4.78, 5) is 8.86. The van der Waals surface area contributed by atoms with Crippen molar-refractivity contribution in [3.05, 3.63) is 101 Å². The average Bonchev–Trinajstić information content (AvgIpc) is 3.51. The summed E-state index contributed by atoms with van der Waals surface area (Å²) < 4.78 is 34.9. The quantitative estimate of drug-likeness (QED) is 0.290. The van der Waals surface area contributed by atoms with Crippen molar-refractivity contribution in [2.24, 2.45) is 0 Å². The van der Waals surface area contributed by atoms with Crippen LogP contribution in [-0.4, -0.2) is 28.1 Å². The molecule has 5 aromatic rings. The zero-order valence-electron chi connectivity index (χ0n) is 18.0. The summed E-state index contributed by atoms with van der Waals surface area (Å²) >= 11 is 11.8. The molecule has 0 spiro atoms. The van der Waals surface area contributed by atoms with E-state index in [1.807, 2.05) is 28.8 Å². The van der Waals surface area contributed by atoms with Crippen LogP contribution in [0.5, 0.6) is 0 Å². The van der Waals surface area contributed by atoms with Gasteiger partial charge in [-0.1, -0.05) is 46.6 Å². The minimum Gasteiger partial charge on any atom is -0.332 e. The fourth-order valence-electron chi connectivity index (χ4n) is 3.34. The predicted octanol–water partition coefficient (Wildman–Crippen LogP) is 5.76. The number of hydrogen-bond acceptors (Lipinski definition) is 6. The zero-order chi connectivity index (χ0) is 24.4. The molecule has 1 N–H and O–H groups in total. The highest BCUT2D eigenvalue weighted by Crippen LogP contribution is 2.23. The molecule has 2 aromatic heterocycles. The lowest BCUT2D eigenvalue weighted by Gasteiger charge is -2.09. The summed E-state index contributed by atoms with van der Waals surface area (Å²) in [5.41, 5.74) is 2.73. The standard InChI is InChI=1S/C24H17Cl2N5O3S/c25-18-8-6-17(7-9-18)23-28-24(34-29-23)22-14-31(15-27-22)13-16-4-10-20(11-5-16)30-35(32,33)21-3-1-2-19(26)12-21/h1-12,14-15,30H,13H2. The van der Waals surface area contributed by atoms with Crippen LogP contribution < -0.4 is 4.72 Å². The van der Waals surface area contributed by atoms with E-state index < -0.39 is 10.0 Å². The Morgan fingerprint density at radius 3 is 2.46 bits per heavy atom. The average molecular weight is 526 g/mol. The first-order valence-corrected chi connectivity index (χ1v) is 12.6. The number of anilines is 1. The van der Waals surface area contributed by atoms with Crippen LogP contribution in [0.1, 0.15) is 5.56 Å². The molecule has 0 unspecified atom stereocenters. The molecule has 0 aliphatic rings. The summed E-state index contributed by atoms with van der Waals surface area (Å²) in [5.74, 6) is 0.751. The number of rotatable bonds is 7. The molecule has 3 aromatic carbocycles. The van der Waals surface area contributed by atoms with Gasteiger partial charge in [-0.05, 0) is 60.2 Å².